The van der Waals surface area contributed by atoms with Crippen molar-refractivity contribution in [2.45, 2.75) is 26.2 Å². The number of carbonyl (C=O) groups is 1. The maximum Gasteiger partial charge on any atom is 0.335 e. The summed E-state index contributed by atoms with van der Waals surface area (Å²) >= 11 is 3.34. The van der Waals surface area contributed by atoms with Gasteiger partial charge in [0.05, 0.1) is 5.56 Å². The average molecular weight is 300 g/mol. The van der Waals surface area contributed by atoms with Gasteiger partial charge in [-0.15, -0.1) is 0 Å². The molecule has 1 aromatic rings. The van der Waals surface area contributed by atoms with Gasteiger partial charge >= 0.3 is 5.97 Å². The van der Waals surface area contributed by atoms with Crippen molar-refractivity contribution in [2.75, 3.05) is 18.5 Å². The van der Waals surface area contributed by atoms with E-state index in [1.807, 2.05) is 13.1 Å². The minimum atomic E-state index is -0.894. The minimum Gasteiger partial charge on any atom is -0.478 e. The van der Waals surface area contributed by atoms with Gasteiger partial charge in [0.25, 0.3) is 0 Å². The number of hydrogen-bond acceptors (Lipinski definition) is 2. The van der Waals surface area contributed by atoms with Crippen LogP contribution in [0.4, 0.5) is 5.69 Å². The predicted octanol–water partition coefficient (Wildman–Crippen LogP) is 3.77. The summed E-state index contributed by atoms with van der Waals surface area (Å²) in [4.78, 5) is 13.0. The maximum atomic E-state index is 10.9. The van der Waals surface area contributed by atoms with E-state index < -0.39 is 5.97 Å². The molecule has 0 heterocycles. The van der Waals surface area contributed by atoms with E-state index in [0.29, 0.717) is 5.56 Å². The summed E-state index contributed by atoms with van der Waals surface area (Å²) in [5, 5.41) is 8.99. The monoisotopic (exact) mass is 299 g/mol. The lowest BCUT2D eigenvalue weighted by atomic mass is 10.2. The van der Waals surface area contributed by atoms with Crippen LogP contribution in [0.25, 0.3) is 0 Å². The molecular formula is C13H18BrNO2. The van der Waals surface area contributed by atoms with Gasteiger partial charge in [-0.25, -0.2) is 4.79 Å². The van der Waals surface area contributed by atoms with Crippen LogP contribution < -0.4 is 4.90 Å². The molecule has 0 aliphatic rings. The Balaban J connectivity index is 2.78. The van der Waals surface area contributed by atoms with Crippen LogP contribution in [0.15, 0.2) is 22.7 Å². The van der Waals surface area contributed by atoms with Crippen molar-refractivity contribution in [3.8, 4) is 0 Å². The second kappa shape index (κ2) is 6.64. The first-order chi connectivity index (χ1) is 8.04. The van der Waals surface area contributed by atoms with Gasteiger partial charge in [-0.2, -0.15) is 0 Å². The van der Waals surface area contributed by atoms with Crippen molar-refractivity contribution in [3.63, 3.8) is 0 Å². The van der Waals surface area contributed by atoms with Crippen LogP contribution in [-0.4, -0.2) is 24.7 Å². The lowest BCUT2D eigenvalue weighted by Gasteiger charge is -2.20. The molecule has 94 valence electrons. The Morgan fingerprint density at radius 3 is 2.65 bits per heavy atom. The fourth-order valence-corrected chi connectivity index (χ4v) is 2.13. The lowest BCUT2D eigenvalue weighted by Crippen LogP contribution is -2.18. The first-order valence-corrected chi connectivity index (χ1v) is 6.59. The van der Waals surface area contributed by atoms with Gasteiger partial charge in [-0.3, -0.25) is 0 Å². The largest absolute Gasteiger partial charge is 0.478 e. The van der Waals surface area contributed by atoms with Crippen molar-refractivity contribution >= 4 is 27.6 Å². The van der Waals surface area contributed by atoms with Crippen molar-refractivity contribution in [2.24, 2.45) is 0 Å². The number of carboxylic acids is 1. The Bertz CT molecular complexity index is 393. The highest BCUT2D eigenvalue weighted by Gasteiger charge is 2.08. The van der Waals surface area contributed by atoms with Crippen LogP contribution >= 0.6 is 15.9 Å². The number of carboxylic acid groups (broad SMARTS) is 1. The molecule has 1 rings (SSSR count). The van der Waals surface area contributed by atoms with Gasteiger partial charge in [0.15, 0.2) is 0 Å². The zero-order valence-corrected chi connectivity index (χ0v) is 11.8. The molecule has 1 N–H and O–H groups in total. The van der Waals surface area contributed by atoms with Gasteiger partial charge in [0.1, 0.15) is 0 Å². The van der Waals surface area contributed by atoms with Gasteiger partial charge in [-0.05, 0) is 24.6 Å². The molecule has 0 spiro atoms. The summed E-state index contributed by atoms with van der Waals surface area (Å²) in [5.74, 6) is -0.894. The first-order valence-electron chi connectivity index (χ1n) is 5.79. The normalized spacial score (nSPS) is 10.3. The second-order valence-corrected chi connectivity index (χ2v) is 5.05. The Morgan fingerprint density at radius 2 is 2.06 bits per heavy atom. The molecule has 0 fully saturated rings. The molecule has 0 aromatic heterocycles. The number of anilines is 1. The highest BCUT2D eigenvalue weighted by molar-refractivity contribution is 9.10. The molecule has 0 radical (unpaired) electrons. The van der Waals surface area contributed by atoms with E-state index in [9.17, 15) is 4.79 Å². The fraction of sp³-hybridized carbons (Fsp3) is 0.462. The third-order valence-corrected chi connectivity index (χ3v) is 3.13. The number of aromatic carboxylic acids is 1. The van der Waals surface area contributed by atoms with E-state index in [1.54, 1.807) is 12.1 Å². The third-order valence-electron chi connectivity index (χ3n) is 2.67. The van der Waals surface area contributed by atoms with E-state index in [1.165, 1.54) is 12.8 Å². The quantitative estimate of drug-likeness (QED) is 0.813. The van der Waals surface area contributed by atoms with Crippen LogP contribution in [-0.2, 0) is 0 Å². The van der Waals surface area contributed by atoms with E-state index in [4.69, 9.17) is 5.11 Å². The van der Waals surface area contributed by atoms with Crippen molar-refractivity contribution in [3.05, 3.63) is 28.2 Å². The van der Waals surface area contributed by atoms with E-state index in [2.05, 4.69) is 27.8 Å². The molecule has 0 atom stereocenters. The van der Waals surface area contributed by atoms with Crippen LogP contribution in [0.2, 0.25) is 0 Å². The van der Waals surface area contributed by atoms with Gasteiger partial charge < -0.3 is 10.0 Å². The summed E-state index contributed by atoms with van der Waals surface area (Å²) < 4.78 is 0.801. The summed E-state index contributed by atoms with van der Waals surface area (Å²) in [6.07, 6.45) is 3.51. The fourth-order valence-electron chi connectivity index (χ4n) is 1.65. The highest BCUT2D eigenvalue weighted by Crippen LogP contribution is 2.22. The van der Waals surface area contributed by atoms with Crippen LogP contribution in [0, 0.1) is 0 Å². The maximum absolute atomic E-state index is 10.9. The molecule has 0 bridgehead atoms. The topological polar surface area (TPSA) is 40.5 Å². The lowest BCUT2D eigenvalue weighted by molar-refractivity contribution is 0.0697. The van der Waals surface area contributed by atoms with Crippen LogP contribution in [0.1, 0.15) is 36.5 Å². The average Bonchev–Trinajstić information content (AvgIpc) is 2.28. The molecule has 0 saturated carbocycles. The smallest absolute Gasteiger partial charge is 0.335 e. The second-order valence-electron chi connectivity index (χ2n) is 4.13. The zero-order valence-electron chi connectivity index (χ0n) is 10.2. The van der Waals surface area contributed by atoms with Crippen LogP contribution in [0.3, 0.4) is 0 Å². The molecular weight excluding hydrogens is 282 g/mol. The summed E-state index contributed by atoms with van der Waals surface area (Å²) in [5.41, 5.74) is 1.25. The minimum absolute atomic E-state index is 0.316. The molecule has 0 amide bonds. The highest BCUT2D eigenvalue weighted by atomic mass is 79.9. The number of benzene rings is 1. The molecule has 4 heteroatoms. The molecule has 0 aliphatic carbocycles. The first kappa shape index (κ1) is 14.0. The van der Waals surface area contributed by atoms with E-state index in [-0.39, 0.29) is 0 Å². The predicted molar refractivity (Wildman–Crippen MR) is 73.9 cm³/mol. The Kier molecular flexibility index (Phi) is 5.48. The van der Waals surface area contributed by atoms with E-state index >= 15 is 0 Å². The van der Waals surface area contributed by atoms with Crippen molar-refractivity contribution in [1.29, 1.82) is 0 Å². The summed E-state index contributed by atoms with van der Waals surface area (Å²) in [6, 6.07) is 5.27. The third kappa shape index (κ3) is 4.38. The summed E-state index contributed by atoms with van der Waals surface area (Å²) in [7, 11) is 1.99. The standard InChI is InChI=1S/C13H18BrNO2/c1-3-4-5-6-15(2)12-8-10(13(16)17)7-11(14)9-12/h7-9H,3-6H2,1-2H3,(H,16,17). The zero-order chi connectivity index (χ0) is 12.8. The molecule has 0 aliphatic heterocycles. The Morgan fingerprint density at radius 1 is 1.35 bits per heavy atom. The van der Waals surface area contributed by atoms with E-state index in [0.717, 1.165) is 23.1 Å². The number of hydrogen-bond donors (Lipinski definition) is 1. The van der Waals surface area contributed by atoms with Crippen LogP contribution in [0.5, 0.6) is 0 Å². The molecule has 17 heavy (non-hydrogen) atoms. The molecule has 1 aromatic carbocycles. The number of rotatable bonds is 6. The summed E-state index contributed by atoms with van der Waals surface area (Å²) in [6.45, 7) is 3.12. The van der Waals surface area contributed by atoms with Crippen molar-refractivity contribution in [1.82, 2.24) is 0 Å². The number of nitrogens with zero attached hydrogens (tertiary/aromatic N) is 1. The van der Waals surface area contributed by atoms with Crippen molar-refractivity contribution < 1.29 is 9.90 Å². The Labute approximate surface area is 111 Å². The SMILES string of the molecule is CCCCCN(C)c1cc(Br)cc(C(=O)O)c1. The van der Waals surface area contributed by atoms with Gasteiger partial charge in [0.2, 0.25) is 0 Å². The molecule has 3 nitrogen and oxygen atoms in total. The number of halogens is 1. The van der Waals surface area contributed by atoms with Gasteiger partial charge in [0, 0.05) is 23.8 Å². The molecule has 0 unspecified atom stereocenters. The number of unbranched alkanes of at least 4 members (excludes halogenated alkanes) is 2. The van der Waals surface area contributed by atoms with Gasteiger partial charge in [-0.1, -0.05) is 35.7 Å². The Hall–Kier alpha value is -1.03. The molecule has 0 saturated heterocycles.